The minimum atomic E-state index is -3.30. The summed E-state index contributed by atoms with van der Waals surface area (Å²) in [5.74, 6) is 1.05. The number of nitrogens with zero attached hydrogens (tertiary/aromatic N) is 2. The molecule has 0 spiro atoms. The third-order valence-corrected chi connectivity index (χ3v) is 7.37. The Morgan fingerprint density at radius 1 is 1.09 bits per heavy atom. The number of hydrogen-bond donors (Lipinski definition) is 1. The zero-order chi connectivity index (χ0) is 22.6. The molecule has 2 heterocycles. The molecule has 32 heavy (non-hydrogen) atoms. The molecule has 2 fully saturated rings. The lowest BCUT2D eigenvalue weighted by Crippen LogP contribution is -2.52. The minimum absolute atomic E-state index is 0.0322. The Morgan fingerprint density at radius 3 is 2.53 bits per heavy atom. The zero-order valence-electron chi connectivity index (χ0n) is 18.5. The largest absolute Gasteiger partial charge is 0.378 e. The van der Waals surface area contributed by atoms with Crippen LogP contribution in [0.4, 0.5) is 10.2 Å². The second-order valence-corrected chi connectivity index (χ2v) is 10.8. The second-order valence-electron chi connectivity index (χ2n) is 9.01. The molecule has 174 valence electrons. The van der Waals surface area contributed by atoms with Crippen molar-refractivity contribution in [2.45, 2.75) is 50.2 Å². The van der Waals surface area contributed by atoms with Crippen molar-refractivity contribution in [2.24, 2.45) is 5.92 Å². The standard InChI is InChI=1S/C24H32FN3O3S/c1-32(29,30)27-23-13-15-28(24-8-4-5-14-26-24)16-19(23)17-31-20-11-9-18(10-12-20)21-6-2-3-7-22(21)25/h2-8,14,18-20,23,27H,9-13,15-17H2,1H3. The first kappa shape index (κ1) is 23.1. The van der Waals surface area contributed by atoms with Crippen LogP contribution >= 0.6 is 0 Å². The Bertz CT molecular complexity index is 981. The predicted molar refractivity (Wildman–Crippen MR) is 124 cm³/mol. The summed E-state index contributed by atoms with van der Waals surface area (Å²) in [6.45, 7) is 1.93. The molecular formula is C24H32FN3O3S. The van der Waals surface area contributed by atoms with Gasteiger partial charge in [0.1, 0.15) is 11.6 Å². The Labute approximate surface area is 190 Å². The maximum Gasteiger partial charge on any atom is 0.208 e. The van der Waals surface area contributed by atoms with Gasteiger partial charge in [-0.3, -0.25) is 0 Å². The Hall–Kier alpha value is -2.03. The van der Waals surface area contributed by atoms with E-state index in [0.29, 0.717) is 19.6 Å². The van der Waals surface area contributed by atoms with Gasteiger partial charge in [0.25, 0.3) is 0 Å². The molecule has 1 aliphatic carbocycles. The molecular weight excluding hydrogens is 429 g/mol. The lowest BCUT2D eigenvalue weighted by molar-refractivity contribution is -0.00229. The number of benzene rings is 1. The maximum absolute atomic E-state index is 14.1. The number of anilines is 1. The fourth-order valence-electron chi connectivity index (χ4n) is 4.99. The van der Waals surface area contributed by atoms with Gasteiger partial charge in [0.05, 0.1) is 19.0 Å². The van der Waals surface area contributed by atoms with Gasteiger partial charge in [0.15, 0.2) is 0 Å². The number of ether oxygens (including phenoxy) is 1. The van der Waals surface area contributed by atoms with Crippen molar-refractivity contribution in [1.82, 2.24) is 9.71 Å². The van der Waals surface area contributed by atoms with E-state index in [1.165, 1.54) is 12.3 Å². The van der Waals surface area contributed by atoms with Crippen LogP contribution < -0.4 is 9.62 Å². The van der Waals surface area contributed by atoms with Crippen LogP contribution in [-0.4, -0.2) is 51.5 Å². The summed E-state index contributed by atoms with van der Waals surface area (Å²) in [5.41, 5.74) is 0.807. The topological polar surface area (TPSA) is 71.5 Å². The van der Waals surface area contributed by atoms with Crippen LogP contribution in [0.1, 0.15) is 43.6 Å². The van der Waals surface area contributed by atoms with E-state index in [0.717, 1.165) is 43.6 Å². The molecule has 1 aliphatic heterocycles. The van der Waals surface area contributed by atoms with Gasteiger partial charge in [-0.1, -0.05) is 24.3 Å². The molecule has 1 saturated heterocycles. The third kappa shape index (κ3) is 6.05. The van der Waals surface area contributed by atoms with Crippen molar-refractivity contribution < 1.29 is 17.5 Å². The summed E-state index contributed by atoms with van der Waals surface area (Å²) >= 11 is 0. The molecule has 0 amide bonds. The van der Waals surface area contributed by atoms with Crippen LogP contribution in [0.2, 0.25) is 0 Å². The number of rotatable bonds is 7. The molecule has 4 rings (SSSR count). The molecule has 1 saturated carbocycles. The Balaban J connectivity index is 1.35. The summed E-state index contributed by atoms with van der Waals surface area (Å²) < 4.78 is 47.0. The number of aromatic nitrogens is 1. The summed E-state index contributed by atoms with van der Waals surface area (Å²) in [5, 5.41) is 0. The number of pyridine rings is 1. The van der Waals surface area contributed by atoms with E-state index in [1.54, 1.807) is 12.3 Å². The normalized spacial score (nSPS) is 26.8. The molecule has 2 aliphatic rings. The van der Waals surface area contributed by atoms with Gasteiger partial charge in [-0.25, -0.2) is 22.5 Å². The van der Waals surface area contributed by atoms with Gasteiger partial charge < -0.3 is 9.64 Å². The van der Waals surface area contributed by atoms with Crippen molar-refractivity contribution in [1.29, 1.82) is 0 Å². The van der Waals surface area contributed by atoms with Crippen LogP contribution in [0.5, 0.6) is 0 Å². The highest BCUT2D eigenvalue weighted by Crippen LogP contribution is 2.35. The summed E-state index contributed by atoms with van der Waals surface area (Å²) in [6, 6.07) is 12.7. The van der Waals surface area contributed by atoms with Gasteiger partial charge >= 0.3 is 0 Å². The lowest BCUT2D eigenvalue weighted by Gasteiger charge is -2.40. The monoisotopic (exact) mass is 461 g/mol. The van der Waals surface area contributed by atoms with E-state index in [1.807, 2.05) is 30.3 Å². The SMILES string of the molecule is CS(=O)(=O)NC1CCN(c2ccccn2)CC1COC1CCC(c2ccccc2F)CC1. The van der Waals surface area contributed by atoms with E-state index >= 15 is 0 Å². The molecule has 8 heteroatoms. The Kier molecular flexibility index (Phi) is 7.43. The number of halogens is 1. The summed E-state index contributed by atoms with van der Waals surface area (Å²) in [6.07, 6.45) is 7.40. The molecule has 2 aromatic rings. The average Bonchev–Trinajstić information content (AvgIpc) is 2.79. The average molecular weight is 462 g/mol. The first-order chi connectivity index (χ1) is 15.4. The first-order valence-corrected chi connectivity index (χ1v) is 13.3. The number of piperidine rings is 1. The zero-order valence-corrected chi connectivity index (χ0v) is 19.3. The minimum Gasteiger partial charge on any atom is -0.378 e. The highest BCUT2D eigenvalue weighted by Gasteiger charge is 2.33. The van der Waals surface area contributed by atoms with Crippen molar-refractivity contribution >= 4 is 15.8 Å². The second kappa shape index (κ2) is 10.3. The van der Waals surface area contributed by atoms with E-state index in [2.05, 4.69) is 14.6 Å². The highest BCUT2D eigenvalue weighted by atomic mass is 32.2. The molecule has 6 nitrogen and oxygen atoms in total. The number of hydrogen-bond acceptors (Lipinski definition) is 5. The first-order valence-electron chi connectivity index (χ1n) is 11.4. The van der Waals surface area contributed by atoms with Crippen molar-refractivity contribution in [2.75, 3.05) is 30.9 Å². The quantitative estimate of drug-likeness (QED) is 0.681. The molecule has 0 radical (unpaired) electrons. The van der Waals surface area contributed by atoms with Gasteiger partial charge in [-0.2, -0.15) is 0 Å². The lowest BCUT2D eigenvalue weighted by atomic mass is 9.82. The molecule has 1 N–H and O–H groups in total. The van der Waals surface area contributed by atoms with Crippen molar-refractivity contribution in [3.05, 3.63) is 60.0 Å². The van der Waals surface area contributed by atoms with E-state index in [4.69, 9.17) is 4.74 Å². The van der Waals surface area contributed by atoms with Crippen LogP contribution in [0.3, 0.4) is 0 Å². The molecule has 2 atom stereocenters. The predicted octanol–water partition coefficient (Wildman–Crippen LogP) is 3.71. The smallest absolute Gasteiger partial charge is 0.208 e. The van der Waals surface area contributed by atoms with Crippen molar-refractivity contribution in [3.63, 3.8) is 0 Å². The summed E-state index contributed by atoms with van der Waals surface area (Å²) in [4.78, 5) is 6.64. The maximum atomic E-state index is 14.1. The molecule has 2 unspecified atom stereocenters. The van der Waals surface area contributed by atoms with E-state index < -0.39 is 10.0 Å². The van der Waals surface area contributed by atoms with Crippen LogP contribution in [0.25, 0.3) is 0 Å². The molecule has 1 aromatic carbocycles. The van der Waals surface area contributed by atoms with Gasteiger partial charge in [-0.05, 0) is 61.8 Å². The fraction of sp³-hybridized carbons (Fsp3) is 0.542. The van der Waals surface area contributed by atoms with E-state index in [-0.39, 0.29) is 29.8 Å². The fourth-order valence-corrected chi connectivity index (χ4v) is 5.85. The van der Waals surface area contributed by atoms with Crippen LogP contribution in [0.15, 0.2) is 48.7 Å². The summed E-state index contributed by atoms with van der Waals surface area (Å²) in [7, 11) is -3.30. The van der Waals surface area contributed by atoms with Gasteiger partial charge in [0, 0.05) is 31.2 Å². The molecule has 1 aromatic heterocycles. The highest BCUT2D eigenvalue weighted by molar-refractivity contribution is 7.88. The Morgan fingerprint density at radius 2 is 1.84 bits per heavy atom. The van der Waals surface area contributed by atoms with Crippen LogP contribution in [-0.2, 0) is 14.8 Å². The van der Waals surface area contributed by atoms with E-state index in [9.17, 15) is 12.8 Å². The van der Waals surface area contributed by atoms with Gasteiger partial charge in [-0.15, -0.1) is 0 Å². The molecule has 0 bridgehead atoms. The van der Waals surface area contributed by atoms with Crippen molar-refractivity contribution in [3.8, 4) is 0 Å². The number of nitrogens with one attached hydrogen (secondary N) is 1. The number of sulfonamides is 1. The third-order valence-electron chi connectivity index (χ3n) is 6.64. The van der Waals surface area contributed by atoms with Gasteiger partial charge in [0.2, 0.25) is 10.0 Å². The van der Waals surface area contributed by atoms with Crippen LogP contribution in [0, 0.1) is 11.7 Å².